The first kappa shape index (κ1) is 18.2. The maximum atomic E-state index is 13.1. The van der Waals surface area contributed by atoms with E-state index >= 15 is 0 Å². The van der Waals surface area contributed by atoms with E-state index in [9.17, 15) is 9.50 Å². The molecule has 1 aliphatic rings. The number of rotatable bonds is 6. The van der Waals surface area contributed by atoms with Crippen LogP contribution in [-0.2, 0) is 0 Å². The predicted octanol–water partition coefficient (Wildman–Crippen LogP) is 4.35. The van der Waals surface area contributed by atoms with Gasteiger partial charge in [-0.15, -0.1) is 0 Å². The van der Waals surface area contributed by atoms with Crippen LogP contribution in [0.4, 0.5) is 4.39 Å². The fourth-order valence-corrected chi connectivity index (χ4v) is 4.09. The Balaban J connectivity index is 2.33. The smallest absolute Gasteiger partial charge is 0.123 e. The first-order valence-corrected chi connectivity index (χ1v) is 8.65. The van der Waals surface area contributed by atoms with Gasteiger partial charge in [0.1, 0.15) is 5.82 Å². The molecule has 0 amide bonds. The molecule has 1 aromatic carbocycles. The number of benzene rings is 1. The number of nitrogens with zero attached hydrogens (tertiary/aromatic N) is 1. The monoisotopic (exact) mass is 319 g/mol. The fourth-order valence-electron chi connectivity index (χ4n) is 4.09. The van der Waals surface area contributed by atoms with Crippen molar-refractivity contribution in [3.63, 3.8) is 0 Å². The van der Waals surface area contributed by atoms with Gasteiger partial charge in [-0.3, -0.25) is 0 Å². The zero-order valence-electron chi connectivity index (χ0n) is 14.8. The molecule has 1 saturated carbocycles. The minimum Gasteiger partial charge on any atom is -0.385 e. The zero-order chi connectivity index (χ0) is 17.0. The quantitative estimate of drug-likeness (QED) is 0.843. The van der Waals surface area contributed by atoms with Crippen LogP contribution in [0, 0.1) is 17.7 Å². The van der Waals surface area contributed by atoms with Crippen molar-refractivity contribution in [1.82, 2.24) is 4.90 Å². The van der Waals surface area contributed by atoms with Crippen molar-refractivity contribution in [2.24, 2.45) is 11.8 Å². The van der Waals surface area contributed by atoms with E-state index in [1.807, 2.05) is 27.1 Å². The van der Waals surface area contributed by atoms with Gasteiger partial charge in [-0.2, -0.15) is 0 Å². The van der Waals surface area contributed by atoms with Crippen LogP contribution in [0.3, 0.4) is 0 Å². The molecule has 1 aliphatic carbocycles. The molecular weight excluding hydrogens is 289 g/mol. The van der Waals surface area contributed by atoms with Crippen LogP contribution in [0.5, 0.6) is 0 Å². The minimum atomic E-state index is -0.796. The summed E-state index contributed by atoms with van der Waals surface area (Å²) in [5.41, 5.74) is 1.14. The van der Waals surface area contributed by atoms with Gasteiger partial charge in [0.05, 0.1) is 5.60 Å². The molecule has 0 radical (unpaired) electrons. The van der Waals surface area contributed by atoms with E-state index in [-0.39, 0.29) is 11.7 Å². The van der Waals surface area contributed by atoms with Crippen LogP contribution in [0.1, 0.15) is 45.1 Å². The summed E-state index contributed by atoms with van der Waals surface area (Å²) in [6.07, 6.45) is 6.59. The van der Waals surface area contributed by atoms with Crippen molar-refractivity contribution in [2.45, 2.75) is 45.1 Å². The van der Waals surface area contributed by atoms with E-state index < -0.39 is 5.60 Å². The lowest BCUT2D eigenvalue weighted by atomic mass is 9.71. The highest BCUT2D eigenvalue weighted by atomic mass is 19.1. The lowest BCUT2D eigenvalue weighted by Crippen LogP contribution is -2.47. The molecule has 0 bridgehead atoms. The van der Waals surface area contributed by atoms with E-state index in [0.29, 0.717) is 5.92 Å². The second-order valence-electron chi connectivity index (χ2n) is 7.35. The summed E-state index contributed by atoms with van der Waals surface area (Å²) in [6.45, 7) is 5.01. The average Bonchev–Trinajstić information content (AvgIpc) is 3.02. The molecule has 1 aromatic rings. The summed E-state index contributed by atoms with van der Waals surface area (Å²) >= 11 is 0. The average molecular weight is 319 g/mol. The molecule has 1 N–H and O–H groups in total. The predicted molar refractivity (Wildman–Crippen MR) is 94.7 cm³/mol. The second-order valence-corrected chi connectivity index (χ2v) is 7.35. The molecule has 0 saturated heterocycles. The molecule has 23 heavy (non-hydrogen) atoms. The summed E-state index contributed by atoms with van der Waals surface area (Å²) in [7, 11) is 4.09. The lowest BCUT2D eigenvalue weighted by Gasteiger charge is -2.41. The first-order chi connectivity index (χ1) is 10.8. The highest BCUT2D eigenvalue weighted by Gasteiger charge is 2.44. The second kappa shape index (κ2) is 7.59. The number of halogens is 1. The van der Waals surface area contributed by atoms with Crippen LogP contribution >= 0.6 is 0 Å². The largest absolute Gasteiger partial charge is 0.385 e. The molecule has 128 valence electrons. The SMILES string of the molecule is C/C(=C\c1ccc(F)cc1)C(O)(C(C)CN(C)C)C1CCCC1. The van der Waals surface area contributed by atoms with Gasteiger partial charge in [0, 0.05) is 12.5 Å². The Morgan fingerprint density at radius 2 is 1.87 bits per heavy atom. The standard InChI is InChI=1S/C20H30FNO/c1-15(13-17-9-11-19(21)12-10-17)20(23,16(2)14-22(3)4)18-7-5-6-8-18/h9-13,16,18,23H,5-8,14H2,1-4H3/b15-13+. The molecule has 2 rings (SSSR count). The summed E-state index contributed by atoms with van der Waals surface area (Å²) in [6, 6.07) is 6.48. The van der Waals surface area contributed by atoms with Crippen LogP contribution in [-0.4, -0.2) is 36.2 Å². The fraction of sp³-hybridized carbons (Fsp3) is 0.600. The summed E-state index contributed by atoms with van der Waals surface area (Å²) in [5.74, 6) is 0.235. The minimum absolute atomic E-state index is 0.150. The molecule has 3 heteroatoms. The molecule has 0 heterocycles. The van der Waals surface area contributed by atoms with Crippen molar-refractivity contribution in [2.75, 3.05) is 20.6 Å². The Bertz CT molecular complexity index is 531. The third-order valence-electron chi connectivity index (χ3n) is 5.25. The van der Waals surface area contributed by atoms with E-state index in [1.54, 1.807) is 12.1 Å². The van der Waals surface area contributed by atoms with Gasteiger partial charge in [-0.25, -0.2) is 4.39 Å². The van der Waals surface area contributed by atoms with Gasteiger partial charge >= 0.3 is 0 Å². The van der Waals surface area contributed by atoms with Crippen LogP contribution in [0.25, 0.3) is 6.08 Å². The number of aliphatic hydroxyl groups is 1. The van der Waals surface area contributed by atoms with Crippen LogP contribution in [0.2, 0.25) is 0 Å². The molecular formula is C20H30FNO. The molecule has 1 fully saturated rings. The van der Waals surface area contributed by atoms with Crippen molar-refractivity contribution in [3.05, 3.63) is 41.2 Å². The Hall–Kier alpha value is -1.19. The summed E-state index contributed by atoms with van der Waals surface area (Å²) < 4.78 is 13.1. The molecule has 0 aliphatic heterocycles. The maximum absolute atomic E-state index is 13.1. The third-order valence-corrected chi connectivity index (χ3v) is 5.25. The molecule has 0 spiro atoms. The van der Waals surface area contributed by atoms with E-state index in [0.717, 1.165) is 30.5 Å². The maximum Gasteiger partial charge on any atom is 0.123 e. The van der Waals surface area contributed by atoms with E-state index in [2.05, 4.69) is 11.8 Å². The Kier molecular flexibility index (Phi) is 5.99. The van der Waals surface area contributed by atoms with Crippen molar-refractivity contribution in [3.8, 4) is 0 Å². The van der Waals surface area contributed by atoms with Crippen LogP contribution < -0.4 is 0 Å². The van der Waals surface area contributed by atoms with Gasteiger partial charge < -0.3 is 10.0 Å². The van der Waals surface area contributed by atoms with Crippen molar-refractivity contribution < 1.29 is 9.50 Å². The van der Waals surface area contributed by atoms with Gasteiger partial charge in [0.15, 0.2) is 0 Å². The molecule has 2 nitrogen and oxygen atoms in total. The Morgan fingerprint density at radius 1 is 1.30 bits per heavy atom. The normalized spacial score (nSPS) is 20.7. The van der Waals surface area contributed by atoms with Gasteiger partial charge in [0.25, 0.3) is 0 Å². The van der Waals surface area contributed by atoms with E-state index in [4.69, 9.17) is 0 Å². The number of hydrogen-bond acceptors (Lipinski definition) is 2. The number of hydrogen-bond donors (Lipinski definition) is 1. The summed E-state index contributed by atoms with van der Waals surface area (Å²) in [4.78, 5) is 2.13. The lowest BCUT2D eigenvalue weighted by molar-refractivity contribution is -0.0350. The molecule has 0 aromatic heterocycles. The van der Waals surface area contributed by atoms with Gasteiger partial charge in [0.2, 0.25) is 0 Å². The van der Waals surface area contributed by atoms with Crippen LogP contribution in [0.15, 0.2) is 29.8 Å². The zero-order valence-corrected chi connectivity index (χ0v) is 14.8. The Morgan fingerprint density at radius 3 is 2.39 bits per heavy atom. The summed E-state index contributed by atoms with van der Waals surface area (Å²) in [5, 5.41) is 11.6. The van der Waals surface area contributed by atoms with E-state index in [1.165, 1.54) is 25.0 Å². The first-order valence-electron chi connectivity index (χ1n) is 8.65. The topological polar surface area (TPSA) is 23.5 Å². The highest BCUT2D eigenvalue weighted by molar-refractivity contribution is 5.54. The molecule has 2 unspecified atom stereocenters. The van der Waals surface area contributed by atoms with Crippen molar-refractivity contribution in [1.29, 1.82) is 0 Å². The van der Waals surface area contributed by atoms with Gasteiger partial charge in [-0.05, 0) is 63.0 Å². The van der Waals surface area contributed by atoms with Gasteiger partial charge in [-0.1, -0.05) is 38.0 Å². The third kappa shape index (κ3) is 4.21. The molecule has 2 atom stereocenters. The Labute approximate surface area is 140 Å². The van der Waals surface area contributed by atoms with Crippen molar-refractivity contribution >= 4 is 6.08 Å². The highest BCUT2D eigenvalue weighted by Crippen LogP contribution is 2.43.